The maximum Gasteiger partial charge on any atom is 0.345 e. The van der Waals surface area contributed by atoms with Crippen LogP contribution >= 0.6 is 0 Å². The molecule has 0 bridgehead atoms. The fraction of sp³-hybridized carbons (Fsp3) is 0.474. The first-order chi connectivity index (χ1) is 12.6. The summed E-state index contributed by atoms with van der Waals surface area (Å²) in [6, 6.07) is 9.19. The van der Waals surface area contributed by atoms with Gasteiger partial charge in [-0.25, -0.2) is 9.48 Å². The summed E-state index contributed by atoms with van der Waals surface area (Å²) in [5, 5.41) is 13.5. The van der Waals surface area contributed by atoms with E-state index < -0.39 is 0 Å². The molecule has 0 radical (unpaired) electrons. The molecule has 1 saturated carbocycles. The minimum atomic E-state index is -0.0406. The summed E-state index contributed by atoms with van der Waals surface area (Å²) in [4.78, 5) is 26.8. The lowest BCUT2D eigenvalue weighted by atomic mass is 9.95. The van der Waals surface area contributed by atoms with Crippen molar-refractivity contribution >= 4 is 5.91 Å². The van der Waals surface area contributed by atoms with E-state index in [-0.39, 0.29) is 17.5 Å². The number of aromatic nitrogens is 3. The number of rotatable bonds is 3. The number of aryl methyl sites for hydroxylation is 1. The lowest BCUT2D eigenvalue weighted by Gasteiger charge is -2.31. The molecule has 1 aliphatic heterocycles. The third-order valence-electron chi connectivity index (χ3n) is 5.28. The Kier molecular flexibility index (Phi) is 4.11. The Hall–Kier alpha value is -2.88. The summed E-state index contributed by atoms with van der Waals surface area (Å²) in [7, 11) is 1.70. The predicted molar refractivity (Wildman–Crippen MR) is 94.8 cm³/mol. The minimum absolute atomic E-state index is 0.0330. The van der Waals surface area contributed by atoms with E-state index in [1.165, 1.54) is 4.68 Å². The van der Waals surface area contributed by atoms with Crippen LogP contribution in [0.4, 0.5) is 0 Å². The van der Waals surface area contributed by atoms with Crippen LogP contribution in [0.1, 0.15) is 59.4 Å². The molecule has 7 heteroatoms. The molecule has 2 aliphatic rings. The Balaban J connectivity index is 1.48. The first-order valence-corrected chi connectivity index (χ1v) is 9.03. The first-order valence-electron chi connectivity index (χ1n) is 9.03. The van der Waals surface area contributed by atoms with Crippen LogP contribution in [-0.2, 0) is 7.05 Å². The van der Waals surface area contributed by atoms with Gasteiger partial charge in [-0.05, 0) is 43.9 Å². The third-order valence-corrected chi connectivity index (χ3v) is 5.28. The topological polar surface area (TPSA) is 83.9 Å². The van der Waals surface area contributed by atoms with Crippen LogP contribution in [0, 0.1) is 11.3 Å². The van der Waals surface area contributed by atoms with Crippen LogP contribution in [0.3, 0.4) is 0 Å². The molecule has 2 heterocycles. The van der Waals surface area contributed by atoms with Gasteiger partial charge in [0, 0.05) is 37.7 Å². The number of carbonyl (C=O) groups is 1. The fourth-order valence-corrected chi connectivity index (χ4v) is 3.70. The quantitative estimate of drug-likeness (QED) is 0.844. The van der Waals surface area contributed by atoms with Gasteiger partial charge in [0.25, 0.3) is 5.91 Å². The molecule has 134 valence electrons. The summed E-state index contributed by atoms with van der Waals surface area (Å²) in [6.45, 7) is 1.27. The van der Waals surface area contributed by atoms with E-state index in [9.17, 15) is 9.59 Å². The van der Waals surface area contributed by atoms with Gasteiger partial charge in [-0.3, -0.25) is 9.36 Å². The summed E-state index contributed by atoms with van der Waals surface area (Å²) in [5.74, 6) is 1.04. The Labute approximate surface area is 151 Å². The third kappa shape index (κ3) is 2.92. The zero-order valence-electron chi connectivity index (χ0n) is 14.8. The lowest BCUT2D eigenvalue weighted by Crippen LogP contribution is -2.38. The van der Waals surface area contributed by atoms with Crippen molar-refractivity contribution < 1.29 is 4.79 Å². The standard InChI is InChI=1S/C19H21N5O2/c1-22-19(26)24(16-5-6-16)17(21-22)14-7-9-23(10-8-14)18(25)15-4-2-3-13(11-15)12-20/h2-4,11,14,16H,5-10H2,1H3. The zero-order chi connectivity index (χ0) is 18.3. The molecular formula is C19H21N5O2. The minimum Gasteiger partial charge on any atom is -0.339 e. The number of amides is 1. The molecule has 2 aromatic rings. The van der Waals surface area contributed by atoms with E-state index in [1.807, 2.05) is 9.47 Å². The van der Waals surface area contributed by atoms with Gasteiger partial charge >= 0.3 is 5.69 Å². The van der Waals surface area contributed by atoms with Gasteiger partial charge in [-0.1, -0.05) is 6.07 Å². The second-order valence-corrected chi connectivity index (χ2v) is 7.12. The van der Waals surface area contributed by atoms with E-state index in [0.717, 1.165) is 31.5 Å². The van der Waals surface area contributed by atoms with Crippen molar-refractivity contribution in [2.24, 2.45) is 7.05 Å². The molecule has 1 amide bonds. The van der Waals surface area contributed by atoms with Gasteiger partial charge in [-0.2, -0.15) is 10.4 Å². The largest absolute Gasteiger partial charge is 0.345 e. The van der Waals surface area contributed by atoms with Crippen LogP contribution in [0.5, 0.6) is 0 Å². The van der Waals surface area contributed by atoms with Crippen LogP contribution in [0.2, 0.25) is 0 Å². The van der Waals surface area contributed by atoms with Crippen molar-refractivity contribution in [2.75, 3.05) is 13.1 Å². The second kappa shape index (κ2) is 6.45. The normalized spacial score (nSPS) is 17.9. The lowest BCUT2D eigenvalue weighted by molar-refractivity contribution is 0.0710. The van der Waals surface area contributed by atoms with E-state index in [1.54, 1.807) is 31.3 Å². The number of carbonyl (C=O) groups excluding carboxylic acids is 1. The van der Waals surface area contributed by atoms with Gasteiger partial charge in [-0.15, -0.1) is 0 Å². The van der Waals surface area contributed by atoms with Gasteiger partial charge in [0.15, 0.2) is 0 Å². The summed E-state index contributed by atoms with van der Waals surface area (Å²) in [6.07, 6.45) is 3.69. The van der Waals surface area contributed by atoms with E-state index >= 15 is 0 Å². The number of nitriles is 1. The Morgan fingerprint density at radius 2 is 1.96 bits per heavy atom. The second-order valence-electron chi connectivity index (χ2n) is 7.12. The molecule has 0 unspecified atom stereocenters. The van der Waals surface area contributed by atoms with Gasteiger partial charge in [0.1, 0.15) is 5.82 Å². The number of nitrogens with zero attached hydrogens (tertiary/aromatic N) is 5. The summed E-state index contributed by atoms with van der Waals surface area (Å²) < 4.78 is 3.29. The number of hydrogen-bond acceptors (Lipinski definition) is 4. The van der Waals surface area contributed by atoms with Gasteiger partial charge in [0.2, 0.25) is 0 Å². The van der Waals surface area contributed by atoms with Crippen molar-refractivity contribution in [1.29, 1.82) is 5.26 Å². The van der Waals surface area contributed by atoms with Crippen molar-refractivity contribution in [1.82, 2.24) is 19.2 Å². The molecule has 1 aromatic carbocycles. The molecule has 1 saturated heterocycles. The maximum atomic E-state index is 12.7. The van der Waals surface area contributed by atoms with Crippen molar-refractivity contribution in [3.63, 3.8) is 0 Å². The molecular weight excluding hydrogens is 330 g/mol. The number of piperidine rings is 1. The van der Waals surface area contributed by atoms with Crippen LogP contribution in [0.15, 0.2) is 29.1 Å². The SMILES string of the molecule is Cn1nc(C2CCN(C(=O)c3cccc(C#N)c3)CC2)n(C2CC2)c1=O. The molecule has 0 spiro atoms. The van der Waals surface area contributed by atoms with Crippen molar-refractivity contribution in [3.8, 4) is 6.07 Å². The number of likely N-dealkylation sites (tertiary alicyclic amines) is 1. The predicted octanol–water partition coefficient (Wildman–Crippen LogP) is 1.81. The summed E-state index contributed by atoms with van der Waals surface area (Å²) >= 11 is 0. The molecule has 0 atom stereocenters. The van der Waals surface area contributed by atoms with Crippen LogP contribution < -0.4 is 5.69 Å². The first kappa shape index (κ1) is 16.6. The van der Waals surface area contributed by atoms with Gasteiger partial charge < -0.3 is 4.90 Å². The van der Waals surface area contributed by atoms with Crippen molar-refractivity contribution in [2.45, 2.75) is 37.6 Å². The van der Waals surface area contributed by atoms with Crippen LogP contribution in [0.25, 0.3) is 0 Å². The molecule has 26 heavy (non-hydrogen) atoms. The van der Waals surface area contributed by atoms with Crippen LogP contribution in [-0.4, -0.2) is 38.2 Å². The molecule has 7 nitrogen and oxygen atoms in total. The highest BCUT2D eigenvalue weighted by molar-refractivity contribution is 5.94. The van der Waals surface area contributed by atoms with Gasteiger partial charge in [0.05, 0.1) is 11.6 Å². The number of hydrogen-bond donors (Lipinski definition) is 0. The molecule has 4 rings (SSSR count). The number of benzene rings is 1. The van der Waals surface area contributed by atoms with E-state index in [4.69, 9.17) is 5.26 Å². The maximum absolute atomic E-state index is 12.7. The Bertz CT molecular complexity index is 940. The fourth-order valence-electron chi connectivity index (χ4n) is 3.70. The monoisotopic (exact) mass is 351 g/mol. The van der Waals surface area contributed by atoms with E-state index in [0.29, 0.717) is 30.3 Å². The smallest absolute Gasteiger partial charge is 0.339 e. The highest BCUT2D eigenvalue weighted by Gasteiger charge is 2.34. The highest BCUT2D eigenvalue weighted by atomic mass is 16.2. The van der Waals surface area contributed by atoms with E-state index in [2.05, 4.69) is 11.2 Å². The van der Waals surface area contributed by atoms with Crippen molar-refractivity contribution in [3.05, 3.63) is 51.7 Å². The Morgan fingerprint density at radius 1 is 1.23 bits per heavy atom. The molecule has 2 fully saturated rings. The molecule has 0 N–H and O–H groups in total. The zero-order valence-corrected chi connectivity index (χ0v) is 14.8. The summed E-state index contributed by atoms with van der Waals surface area (Å²) in [5.41, 5.74) is 1.01. The Morgan fingerprint density at radius 3 is 2.62 bits per heavy atom. The average molecular weight is 351 g/mol. The molecule has 1 aliphatic carbocycles. The molecule has 1 aromatic heterocycles. The highest BCUT2D eigenvalue weighted by Crippen LogP contribution is 2.37. The average Bonchev–Trinajstić information content (AvgIpc) is 3.47.